The number of benzene rings is 2. The number of imidazole rings is 1. The summed E-state index contributed by atoms with van der Waals surface area (Å²) in [6.07, 6.45) is -2.71. The SMILES string of the molecule is CCCCn1c(-c2ccc(OCC(=O)O)c(OC)c2)nc2cc(C(F)(F)F)ccc21. The number of methoxy groups -OCH3 is 1. The molecule has 9 heteroatoms. The summed E-state index contributed by atoms with van der Waals surface area (Å²) in [5.74, 6) is -0.0677. The first-order valence-electron chi connectivity index (χ1n) is 9.35. The normalized spacial score (nSPS) is 11.6. The molecule has 0 bridgehead atoms. The zero-order chi connectivity index (χ0) is 21.9. The number of rotatable bonds is 8. The number of nitrogens with zero attached hydrogens (tertiary/aromatic N) is 2. The molecule has 0 saturated carbocycles. The van der Waals surface area contributed by atoms with Crippen LogP contribution in [0.15, 0.2) is 36.4 Å². The molecular weight excluding hydrogens is 401 g/mol. The van der Waals surface area contributed by atoms with Gasteiger partial charge in [0.1, 0.15) is 5.82 Å². The highest BCUT2D eigenvalue weighted by Crippen LogP contribution is 2.36. The molecule has 0 aliphatic heterocycles. The van der Waals surface area contributed by atoms with Crippen molar-refractivity contribution in [1.29, 1.82) is 0 Å². The molecule has 0 radical (unpaired) electrons. The summed E-state index contributed by atoms with van der Waals surface area (Å²) in [7, 11) is 1.42. The number of ether oxygens (including phenoxy) is 2. The maximum Gasteiger partial charge on any atom is 0.416 e. The van der Waals surface area contributed by atoms with Gasteiger partial charge in [0.05, 0.1) is 23.7 Å². The highest BCUT2D eigenvalue weighted by molar-refractivity contribution is 5.82. The summed E-state index contributed by atoms with van der Waals surface area (Å²) in [5, 5.41) is 8.79. The fourth-order valence-corrected chi connectivity index (χ4v) is 3.13. The van der Waals surface area contributed by atoms with Crippen LogP contribution in [-0.2, 0) is 17.5 Å². The minimum atomic E-state index is -4.45. The van der Waals surface area contributed by atoms with E-state index in [0.717, 1.165) is 25.0 Å². The molecule has 0 amide bonds. The third-order valence-corrected chi connectivity index (χ3v) is 4.58. The van der Waals surface area contributed by atoms with Crippen molar-refractivity contribution >= 4 is 17.0 Å². The van der Waals surface area contributed by atoms with E-state index in [1.54, 1.807) is 18.2 Å². The predicted octanol–water partition coefficient (Wildman–Crippen LogP) is 4.99. The van der Waals surface area contributed by atoms with Crippen molar-refractivity contribution in [3.63, 3.8) is 0 Å². The Bertz CT molecular complexity index is 1060. The lowest BCUT2D eigenvalue weighted by molar-refractivity contribution is -0.139. The van der Waals surface area contributed by atoms with E-state index in [4.69, 9.17) is 14.6 Å². The van der Waals surface area contributed by atoms with Gasteiger partial charge in [0, 0.05) is 12.1 Å². The third-order valence-electron chi connectivity index (χ3n) is 4.58. The van der Waals surface area contributed by atoms with Crippen molar-refractivity contribution < 1.29 is 32.5 Å². The molecule has 6 nitrogen and oxygen atoms in total. The lowest BCUT2D eigenvalue weighted by Gasteiger charge is -2.13. The van der Waals surface area contributed by atoms with Gasteiger partial charge >= 0.3 is 12.1 Å². The number of halogens is 3. The average Bonchev–Trinajstić information content (AvgIpc) is 3.07. The summed E-state index contributed by atoms with van der Waals surface area (Å²) >= 11 is 0. The number of aliphatic carboxylic acids is 1. The number of aromatic nitrogens is 2. The first-order valence-corrected chi connectivity index (χ1v) is 9.35. The Balaban J connectivity index is 2.10. The highest BCUT2D eigenvalue weighted by Gasteiger charge is 2.31. The molecule has 30 heavy (non-hydrogen) atoms. The zero-order valence-electron chi connectivity index (χ0n) is 16.5. The Morgan fingerprint density at radius 2 is 1.93 bits per heavy atom. The molecule has 3 rings (SSSR count). The molecule has 1 heterocycles. The van der Waals surface area contributed by atoms with Crippen molar-refractivity contribution in [1.82, 2.24) is 9.55 Å². The molecule has 1 N–H and O–H groups in total. The molecule has 0 aliphatic rings. The Kier molecular flexibility index (Phi) is 6.19. The van der Waals surface area contributed by atoms with Crippen LogP contribution < -0.4 is 9.47 Å². The van der Waals surface area contributed by atoms with Gasteiger partial charge < -0.3 is 19.1 Å². The van der Waals surface area contributed by atoms with Crippen LogP contribution in [0.3, 0.4) is 0 Å². The topological polar surface area (TPSA) is 73.6 Å². The van der Waals surface area contributed by atoms with Crippen molar-refractivity contribution in [2.24, 2.45) is 0 Å². The third kappa shape index (κ3) is 4.50. The number of fused-ring (bicyclic) bond motifs is 1. The number of carboxylic acids is 1. The molecular formula is C21H21F3N2O4. The van der Waals surface area contributed by atoms with Crippen LogP contribution in [0.2, 0.25) is 0 Å². The molecule has 1 aromatic heterocycles. The maximum absolute atomic E-state index is 13.1. The van der Waals surface area contributed by atoms with Gasteiger partial charge in [-0.3, -0.25) is 0 Å². The Hall–Kier alpha value is -3.23. The summed E-state index contributed by atoms with van der Waals surface area (Å²) < 4.78 is 51.7. The van der Waals surface area contributed by atoms with E-state index in [9.17, 15) is 18.0 Å². The van der Waals surface area contributed by atoms with Gasteiger partial charge in [-0.05, 0) is 42.8 Å². The average molecular weight is 422 g/mol. The quantitative estimate of drug-likeness (QED) is 0.553. The lowest BCUT2D eigenvalue weighted by atomic mass is 10.1. The van der Waals surface area contributed by atoms with Gasteiger partial charge in [-0.1, -0.05) is 13.3 Å². The molecule has 160 valence electrons. The van der Waals surface area contributed by atoms with Crippen LogP contribution in [0.5, 0.6) is 11.5 Å². The number of alkyl halides is 3. The molecule has 0 aliphatic carbocycles. The van der Waals surface area contributed by atoms with E-state index < -0.39 is 24.3 Å². The second kappa shape index (κ2) is 8.64. The van der Waals surface area contributed by atoms with Crippen LogP contribution in [0, 0.1) is 0 Å². The van der Waals surface area contributed by atoms with Gasteiger partial charge in [0.25, 0.3) is 0 Å². The Labute approximate surface area is 170 Å². The first kappa shape index (κ1) is 21.5. The molecule has 2 aromatic carbocycles. The van der Waals surface area contributed by atoms with Gasteiger partial charge in [0.15, 0.2) is 18.1 Å². The lowest BCUT2D eigenvalue weighted by Crippen LogP contribution is -2.10. The number of carboxylic acid groups (broad SMARTS) is 1. The van der Waals surface area contributed by atoms with E-state index in [0.29, 0.717) is 29.2 Å². The fourth-order valence-electron chi connectivity index (χ4n) is 3.13. The van der Waals surface area contributed by atoms with E-state index in [1.807, 2.05) is 11.5 Å². The van der Waals surface area contributed by atoms with Crippen molar-refractivity contribution in [3.8, 4) is 22.9 Å². The number of aryl methyl sites for hydroxylation is 1. The van der Waals surface area contributed by atoms with Gasteiger partial charge in [-0.15, -0.1) is 0 Å². The van der Waals surface area contributed by atoms with Crippen LogP contribution in [-0.4, -0.2) is 34.3 Å². The van der Waals surface area contributed by atoms with E-state index in [-0.39, 0.29) is 11.3 Å². The van der Waals surface area contributed by atoms with E-state index in [1.165, 1.54) is 13.2 Å². The highest BCUT2D eigenvalue weighted by atomic mass is 19.4. The van der Waals surface area contributed by atoms with Crippen LogP contribution >= 0.6 is 0 Å². The standard InChI is InChI=1S/C21H21F3N2O4/c1-3-4-9-26-16-7-6-14(21(22,23)24)11-15(16)25-20(26)13-5-8-17(18(10-13)29-2)30-12-19(27)28/h5-8,10-11H,3-4,9,12H2,1-2H3,(H,27,28). The summed E-state index contributed by atoms with van der Waals surface area (Å²) in [4.78, 5) is 15.2. The molecule has 0 saturated heterocycles. The van der Waals surface area contributed by atoms with E-state index in [2.05, 4.69) is 4.98 Å². The maximum atomic E-state index is 13.1. The predicted molar refractivity (Wildman–Crippen MR) is 105 cm³/mol. The van der Waals surface area contributed by atoms with Crippen molar-refractivity contribution in [2.75, 3.05) is 13.7 Å². The summed E-state index contributed by atoms with van der Waals surface area (Å²) in [6, 6.07) is 8.40. The number of hydrogen-bond acceptors (Lipinski definition) is 4. The molecule has 0 fully saturated rings. The summed E-state index contributed by atoms with van der Waals surface area (Å²) in [6.45, 7) is 2.09. The van der Waals surface area contributed by atoms with Crippen molar-refractivity contribution in [2.45, 2.75) is 32.5 Å². The summed E-state index contributed by atoms with van der Waals surface area (Å²) in [5.41, 5.74) is 0.727. The van der Waals surface area contributed by atoms with Gasteiger partial charge in [0.2, 0.25) is 0 Å². The second-order valence-corrected chi connectivity index (χ2v) is 6.69. The Morgan fingerprint density at radius 3 is 2.57 bits per heavy atom. The minimum Gasteiger partial charge on any atom is -0.493 e. The van der Waals surface area contributed by atoms with Gasteiger partial charge in [-0.25, -0.2) is 9.78 Å². The molecule has 0 unspecified atom stereocenters. The van der Waals surface area contributed by atoms with Crippen LogP contribution in [0.1, 0.15) is 25.3 Å². The smallest absolute Gasteiger partial charge is 0.416 e. The van der Waals surface area contributed by atoms with E-state index >= 15 is 0 Å². The van der Waals surface area contributed by atoms with Crippen molar-refractivity contribution in [3.05, 3.63) is 42.0 Å². The Morgan fingerprint density at radius 1 is 1.17 bits per heavy atom. The number of hydrogen-bond donors (Lipinski definition) is 1. The van der Waals surface area contributed by atoms with Crippen LogP contribution in [0.4, 0.5) is 13.2 Å². The molecule has 0 atom stereocenters. The van der Waals surface area contributed by atoms with Crippen LogP contribution in [0.25, 0.3) is 22.4 Å². The number of carbonyl (C=O) groups is 1. The fraction of sp³-hybridized carbons (Fsp3) is 0.333. The molecule has 3 aromatic rings. The largest absolute Gasteiger partial charge is 0.493 e. The monoisotopic (exact) mass is 422 g/mol. The van der Waals surface area contributed by atoms with Gasteiger partial charge in [-0.2, -0.15) is 13.2 Å². The minimum absolute atomic E-state index is 0.249. The zero-order valence-corrected chi connectivity index (χ0v) is 16.5. The second-order valence-electron chi connectivity index (χ2n) is 6.69. The number of unbranched alkanes of at least 4 members (excludes halogenated alkanes) is 1. The first-order chi connectivity index (χ1) is 14.2. The molecule has 0 spiro atoms.